The molecule has 4 nitrogen and oxygen atoms in total. The molecule has 1 aliphatic heterocycles. The number of anilines is 1. The van der Waals surface area contributed by atoms with Gasteiger partial charge in [0.25, 0.3) is 0 Å². The average Bonchev–Trinajstić information content (AvgIpc) is 2.59. The van der Waals surface area contributed by atoms with Crippen LogP contribution in [-0.2, 0) is 11.3 Å². The average molecular weight is 383 g/mol. The molecule has 8 heteroatoms. The maximum Gasteiger partial charge on any atom is 0.416 e. The quantitative estimate of drug-likeness (QED) is 0.821. The molecule has 1 fully saturated rings. The lowest BCUT2D eigenvalue weighted by Crippen LogP contribution is -2.49. The monoisotopic (exact) mass is 383 g/mol. The molecule has 1 aromatic heterocycles. The first kappa shape index (κ1) is 19.6. The van der Waals surface area contributed by atoms with Crippen molar-refractivity contribution in [3.63, 3.8) is 0 Å². The zero-order valence-corrected chi connectivity index (χ0v) is 15.1. The van der Waals surface area contributed by atoms with Crippen molar-refractivity contribution in [2.75, 3.05) is 24.6 Å². The lowest BCUT2D eigenvalue weighted by atomic mass is 9.97. The Bertz CT molecular complexity index is 818. The van der Waals surface area contributed by atoms with Crippen molar-refractivity contribution in [2.45, 2.75) is 32.7 Å². The summed E-state index contributed by atoms with van der Waals surface area (Å²) in [5, 5.41) is 0. The number of rotatable bonds is 3. The molecule has 0 saturated carbocycles. The minimum atomic E-state index is -4.46. The minimum Gasteiger partial charge on any atom is -0.366 e. The Labute approximate surface area is 154 Å². The Morgan fingerprint density at radius 2 is 1.85 bits per heavy atom. The van der Waals surface area contributed by atoms with Gasteiger partial charge < -0.3 is 15.4 Å². The number of aromatic nitrogens is 1. The van der Waals surface area contributed by atoms with Crippen LogP contribution in [0.15, 0.2) is 24.3 Å². The van der Waals surface area contributed by atoms with Gasteiger partial charge in [-0.1, -0.05) is 0 Å². The first-order valence-electron chi connectivity index (χ1n) is 8.60. The normalized spacial score (nSPS) is 18.0. The number of halogens is 4. The van der Waals surface area contributed by atoms with Crippen LogP contribution in [0.2, 0.25) is 0 Å². The van der Waals surface area contributed by atoms with Gasteiger partial charge in [-0.05, 0) is 49.2 Å². The number of hydrogen-bond donors (Lipinski definition) is 1. The predicted octanol–water partition coefficient (Wildman–Crippen LogP) is 3.73. The van der Waals surface area contributed by atoms with Crippen LogP contribution in [0.5, 0.6) is 0 Å². The summed E-state index contributed by atoms with van der Waals surface area (Å²) in [4.78, 5) is 5.77. The number of nitrogens with two attached hydrogens (primary N) is 1. The van der Waals surface area contributed by atoms with E-state index in [9.17, 15) is 17.6 Å². The second-order valence-electron chi connectivity index (χ2n) is 6.65. The molecular weight excluding hydrogens is 362 g/mol. The number of nitrogens with zero attached hydrogens (tertiary/aromatic N) is 2. The van der Waals surface area contributed by atoms with Crippen LogP contribution in [0.25, 0.3) is 11.1 Å². The van der Waals surface area contributed by atoms with Gasteiger partial charge in [0, 0.05) is 35.7 Å². The summed E-state index contributed by atoms with van der Waals surface area (Å²) in [5.74, 6) is -0.520. The Morgan fingerprint density at radius 3 is 2.44 bits per heavy atom. The summed E-state index contributed by atoms with van der Waals surface area (Å²) in [5.41, 5.74) is 9.23. The summed E-state index contributed by atoms with van der Waals surface area (Å²) in [7, 11) is 0. The largest absolute Gasteiger partial charge is 0.416 e. The van der Waals surface area contributed by atoms with E-state index in [0.29, 0.717) is 22.4 Å². The van der Waals surface area contributed by atoms with E-state index in [4.69, 9.17) is 10.5 Å². The molecule has 2 N–H and O–H groups in total. The van der Waals surface area contributed by atoms with Gasteiger partial charge in [0.1, 0.15) is 5.82 Å². The summed E-state index contributed by atoms with van der Waals surface area (Å²) < 4.78 is 58.7. The van der Waals surface area contributed by atoms with Crippen molar-refractivity contribution in [1.29, 1.82) is 0 Å². The van der Waals surface area contributed by atoms with Crippen LogP contribution in [0.3, 0.4) is 0 Å². The van der Waals surface area contributed by atoms with E-state index in [1.165, 1.54) is 11.0 Å². The fourth-order valence-electron chi connectivity index (χ4n) is 3.38. The molecule has 146 valence electrons. The van der Waals surface area contributed by atoms with Crippen LogP contribution in [0, 0.1) is 19.7 Å². The summed E-state index contributed by atoms with van der Waals surface area (Å²) in [6.45, 7) is 3.50. The molecule has 3 rings (SSSR count). The molecule has 0 aliphatic carbocycles. The minimum absolute atomic E-state index is 0.0630. The SMILES string of the molecule is Cc1cc(-c2c(F)cc(N3CCO[C@H](C(F)(F)F)C3)cc2CN)cc(C)n1. The molecule has 0 amide bonds. The molecule has 1 aromatic carbocycles. The van der Waals surface area contributed by atoms with E-state index in [2.05, 4.69) is 4.98 Å². The Morgan fingerprint density at radius 1 is 1.19 bits per heavy atom. The van der Waals surface area contributed by atoms with Gasteiger partial charge in [-0.3, -0.25) is 4.98 Å². The second kappa shape index (κ2) is 7.44. The van der Waals surface area contributed by atoms with E-state index < -0.39 is 18.1 Å². The number of benzene rings is 1. The van der Waals surface area contributed by atoms with Crippen molar-refractivity contribution in [2.24, 2.45) is 5.73 Å². The zero-order valence-electron chi connectivity index (χ0n) is 15.1. The molecule has 1 aliphatic rings. The van der Waals surface area contributed by atoms with Gasteiger partial charge in [0.05, 0.1) is 13.2 Å². The van der Waals surface area contributed by atoms with Crippen LogP contribution >= 0.6 is 0 Å². The summed E-state index contributed by atoms with van der Waals surface area (Å²) >= 11 is 0. The number of pyridine rings is 1. The van der Waals surface area contributed by atoms with Crippen molar-refractivity contribution >= 4 is 5.69 Å². The Kier molecular flexibility index (Phi) is 5.39. The standard InChI is InChI=1S/C19H21F4N3O/c1-11-5-13(6-12(2)25-11)18-14(9-24)7-15(8-16(18)20)26-3-4-27-17(10-26)19(21,22)23/h5-8,17H,3-4,9-10,24H2,1-2H3/t17-/m0/s1. The zero-order chi connectivity index (χ0) is 19.8. The maximum atomic E-state index is 15.0. The molecule has 0 bridgehead atoms. The van der Waals surface area contributed by atoms with Gasteiger partial charge in [-0.25, -0.2) is 4.39 Å². The number of ether oxygens (including phenoxy) is 1. The molecule has 27 heavy (non-hydrogen) atoms. The van der Waals surface area contributed by atoms with Crippen LogP contribution in [-0.4, -0.2) is 37.0 Å². The molecule has 1 saturated heterocycles. The van der Waals surface area contributed by atoms with Crippen molar-refractivity contribution in [3.8, 4) is 11.1 Å². The molecule has 2 heterocycles. The highest BCUT2D eigenvalue weighted by Crippen LogP contribution is 2.34. The van der Waals surface area contributed by atoms with Crippen LogP contribution in [0.1, 0.15) is 17.0 Å². The van der Waals surface area contributed by atoms with Gasteiger partial charge in [0.15, 0.2) is 6.10 Å². The molecule has 2 aromatic rings. The fourth-order valence-corrected chi connectivity index (χ4v) is 3.38. The van der Waals surface area contributed by atoms with E-state index in [0.717, 1.165) is 11.4 Å². The van der Waals surface area contributed by atoms with Gasteiger partial charge >= 0.3 is 6.18 Å². The molecule has 0 spiro atoms. The van der Waals surface area contributed by atoms with Gasteiger partial charge in [-0.15, -0.1) is 0 Å². The second-order valence-corrected chi connectivity index (χ2v) is 6.65. The molecular formula is C19H21F4N3O. The first-order chi connectivity index (χ1) is 12.7. The smallest absolute Gasteiger partial charge is 0.366 e. The third-order valence-corrected chi connectivity index (χ3v) is 4.54. The van der Waals surface area contributed by atoms with E-state index in [1.807, 2.05) is 13.8 Å². The molecule has 1 atom stereocenters. The first-order valence-corrected chi connectivity index (χ1v) is 8.60. The Hall–Kier alpha value is -2.19. The number of alkyl halides is 3. The van der Waals surface area contributed by atoms with Gasteiger partial charge in [-0.2, -0.15) is 13.2 Å². The third-order valence-electron chi connectivity index (χ3n) is 4.54. The van der Waals surface area contributed by atoms with E-state index in [1.54, 1.807) is 18.2 Å². The molecule has 0 unspecified atom stereocenters. The lowest BCUT2D eigenvalue weighted by Gasteiger charge is -2.35. The molecule has 0 radical (unpaired) electrons. The van der Waals surface area contributed by atoms with E-state index in [-0.39, 0.29) is 26.2 Å². The summed E-state index contributed by atoms with van der Waals surface area (Å²) in [6.07, 6.45) is -6.35. The highest BCUT2D eigenvalue weighted by atomic mass is 19.4. The van der Waals surface area contributed by atoms with Gasteiger partial charge in [0.2, 0.25) is 0 Å². The van der Waals surface area contributed by atoms with Crippen LogP contribution in [0.4, 0.5) is 23.2 Å². The Balaban J connectivity index is 1.99. The van der Waals surface area contributed by atoms with E-state index >= 15 is 0 Å². The highest BCUT2D eigenvalue weighted by molar-refractivity contribution is 5.72. The predicted molar refractivity (Wildman–Crippen MR) is 95.0 cm³/mol. The van der Waals surface area contributed by atoms with Crippen LogP contribution < -0.4 is 10.6 Å². The van der Waals surface area contributed by atoms with Crippen molar-refractivity contribution in [3.05, 3.63) is 47.0 Å². The number of aryl methyl sites for hydroxylation is 2. The topological polar surface area (TPSA) is 51.4 Å². The number of morpholine rings is 1. The lowest BCUT2D eigenvalue weighted by molar-refractivity contribution is -0.221. The van der Waals surface area contributed by atoms with Crippen molar-refractivity contribution < 1.29 is 22.3 Å². The summed E-state index contributed by atoms with van der Waals surface area (Å²) in [6, 6.07) is 6.44. The fraction of sp³-hybridized carbons (Fsp3) is 0.421. The van der Waals surface area contributed by atoms with Crippen molar-refractivity contribution in [1.82, 2.24) is 4.98 Å². The highest BCUT2D eigenvalue weighted by Gasteiger charge is 2.43. The third kappa shape index (κ3) is 4.22. The maximum absolute atomic E-state index is 15.0. The number of hydrogen-bond acceptors (Lipinski definition) is 4.